The molecule has 0 aliphatic rings. The fourth-order valence-corrected chi connectivity index (χ4v) is 4.04. The maximum Gasteiger partial charge on any atom is 0.340 e. The first kappa shape index (κ1) is 21.9. The van der Waals surface area contributed by atoms with Crippen LogP contribution in [-0.4, -0.2) is 43.9 Å². The number of aromatic nitrogens is 1. The van der Waals surface area contributed by atoms with Crippen LogP contribution in [0, 0.1) is 13.8 Å². The molecule has 0 bridgehead atoms. The van der Waals surface area contributed by atoms with E-state index in [9.17, 15) is 4.79 Å². The molecule has 1 N–H and O–H groups in total. The fraction of sp³-hybridized carbons (Fsp3) is 0.400. The molecule has 0 atom stereocenters. The third-order valence-corrected chi connectivity index (χ3v) is 5.78. The first-order valence-electron chi connectivity index (χ1n) is 10.8. The average Bonchev–Trinajstić information content (AvgIpc) is 3.04. The van der Waals surface area contributed by atoms with E-state index >= 15 is 0 Å². The van der Waals surface area contributed by atoms with Crippen molar-refractivity contribution < 1.29 is 19.2 Å². The third kappa shape index (κ3) is 4.51. The van der Waals surface area contributed by atoms with Crippen LogP contribution >= 0.6 is 0 Å². The van der Waals surface area contributed by atoms with Crippen molar-refractivity contribution in [2.24, 2.45) is 0 Å². The van der Waals surface area contributed by atoms with E-state index in [2.05, 4.69) is 43.5 Å². The summed E-state index contributed by atoms with van der Waals surface area (Å²) in [4.78, 5) is 14.6. The van der Waals surface area contributed by atoms with Crippen molar-refractivity contribution in [1.82, 2.24) is 4.57 Å². The molecule has 0 fully saturated rings. The molecule has 30 heavy (non-hydrogen) atoms. The molecular weight excluding hydrogens is 376 g/mol. The van der Waals surface area contributed by atoms with Crippen LogP contribution in [0.2, 0.25) is 0 Å². The van der Waals surface area contributed by atoms with Crippen LogP contribution in [0.25, 0.3) is 16.6 Å². The van der Waals surface area contributed by atoms with Crippen molar-refractivity contribution in [1.29, 1.82) is 0 Å². The van der Waals surface area contributed by atoms with Gasteiger partial charge in [0.05, 0.1) is 44.4 Å². The molecule has 2 aromatic carbocycles. The third-order valence-electron chi connectivity index (χ3n) is 5.78. The molecule has 3 aromatic rings. The maximum atomic E-state index is 13.1. The molecule has 0 saturated heterocycles. The van der Waals surface area contributed by atoms with Gasteiger partial charge in [-0.3, -0.25) is 0 Å². The van der Waals surface area contributed by atoms with E-state index in [0.29, 0.717) is 12.2 Å². The smallest absolute Gasteiger partial charge is 0.340 e. The zero-order chi connectivity index (χ0) is 21.7. The van der Waals surface area contributed by atoms with Crippen molar-refractivity contribution in [3.8, 4) is 11.4 Å². The van der Waals surface area contributed by atoms with Gasteiger partial charge in [-0.05, 0) is 63.6 Å². The second-order valence-corrected chi connectivity index (χ2v) is 7.71. The second kappa shape index (κ2) is 9.81. The standard InChI is InChI=1S/C25H32N2O3/c1-6-26(7-2)14-9-15-30-25(28)24-19(4)27(20-11-8-10-18(3)16-20)23-13-12-21(29-5)17-22(23)24/h8,10-13,16-17H,6-7,9,14-15H2,1-5H3/p+1. The summed E-state index contributed by atoms with van der Waals surface area (Å²) in [6.45, 7) is 12.0. The van der Waals surface area contributed by atoms with Gasteiger partial charge in [-0.25, -0.2) is 4.79 Å². The molecule has 1 aromatic heterocycles. The molecular formula is C25H33N2O3+. The van der Waals surface area contributed by atoms with Gasteiger partial charge in [0.25, 0.3) is 0 Å². The lowest BCUT2D eigenvalue weighted by atomic mass is 10.1. The first-order valence-corrected chi connectivity index (χ1v) is 10.8. The number of quaternary nitrogens is 1. The number of carbonyl (C=O) groups is 1. The number of carbonyl (C=O) groups excluding carboxylic acids is 1. The summed E-state index contributed by atoms with van der Waals surface area (Å²) >= 11 is 0. The largest absolute Gasteiger partial charge is 0.497 e. The Morgan fingerprint density at radius 2 is 1.83 bits per heavy atom. The minimum Gasteiger partial charge on any atom is -0.497 e. The van der Waals surface area contributed by atoms with Crippen molar-refractivity contribution >= 4 is 16.9 Å². The number of fused-ring (bicyclic) bond motifs is 1. The molecule has 0 aliphatic carbocycles. The van der Waals surface area contributed by atoms with Crippen molar-refractivity contribution in [2.45, 2.75) is 34.1 Å². The van der Waals surface area contributed by atoms with E-state index in [0.717, 1.165) is 54.1 Å². The van der Waals surface area contributed by atoms with Gasteiger partial charge in [-0.1, -0.05) is 12.1 Å². The highest BCUT2D eigenvalue weighted by Gasteiger charge is 2.22. The summed E-state index contributed by atoms with van der Waals surface area (Å²) in [6.07, 6.45) is 0.863. The van der Waals surface area contributed by atoms with Crippen molar-refractivity contribution in [3.63, 3.8) is 0 Å². The topological polar surface area (TPSA) is 44.9 Å². The highest BCUT2D eigenvalue weighted by molar-refractivity contribution is 6.07. The molecule has 5 nitrogen and oxygen atoms in total. The number of hydrogen-bond donors (Lipinski definition) is 1. The molecule has 160 valence electrons. The molecule has 5 heteroatoms. The molecule has 0 aliphatic heterocycles. The molecule has 0 saturated carbocycles. The Morgan fingerprint density at radius 3 is 2.50 bits per heavy atom. The minimum atomic E-state index is -0.272. The van der Waals surface area contributed by atoms with E-state index in [4.69, 9.17) is 9.47 Å². The summed E-state index contributed by atoms with van der Waals surface area (Å²) in [5, 5.41) is 0.854. The monoisotopic (exact) mass is 409 g/mol. The molecule has 3 rings (SSSR count). The zero-order valence-electron chi connectivity index (χ0n) is 18.7. The number of rotatable bonds is 9. The molecule has 0 unspecified atom stereocenters. The molecule has 0 radical (unpaired) electrons. The number of nitrogens with zero attached hydrogens (tertiary/aromatic N) is 1. The van der Waals surface area contributed by atoms with Gasteiger partial charge >= 0.3 is 5.97 Å². The van der Waals surface area contributed by atoms with E-state index < -0.39 is 0 Å². The van der Waals surface area contributed by atoms with Crippen LogP contribution in [0.3, 0.4) is 0 Å². The summed E-state index contributed by atoms with van der Waals surface area (Å²) in [7, 11) is 1.64. The Labute approximate surface area is 179 Å². The predicted octanol–water partition coefficient (Wildman–Crippen LogP) is 3.73. The van der Waals surface area contributed by atoms with E-state index in [1.807, 2.05) is 31.2 Å². The van der Waals surface area contributed by atoms with Gasteiger partial charge < -0.3 is 18.9 Å². The van der Waals surface area contributed by atoms with Gasteiger partial charge in [0.15, 0.2) is 0 Å². The van der Waals surface area contributed by atoms with Crippen LogP contribution in [0.5, 0.6) is 5.75 Å². The lowest BCUT2D eigenvalue weighted by Crippen LogP contribution is -3.11. The summed E-state index contributed by atoms with van der Waals surface area (Å²) in [5.41, 5.74) is 4.67. The number of hydrogen-bond acceptors (Lipinski definition) is 3. The van der Waals surface area contributed by atoms with Crippen LogP contribution in [0.4, 0.5) is 0 Å². The fourth-order valence-electron chi connectivity index (χ4n) is 4.04. The van der Waals surface area contributed by atoms with E-state index in [1.54, 1.807) is 7.11 Å². The Morgan fingerprint density at radius 1 is 1.07 bits per heavy atom. The van der Waals surface area contributed by atoms with E-state index in [1.165, 1.54) is 10.5 Å². The van der Waals surface area contributed by atoms with Gasteiger partial charge in [0.1, 0.15) is 5.75 Å². The number of esters is 1. The number of benzene rings is 2. The highest BCUT2D eigenvalue weighted by Crippen LogP contribution is 2.32. The van der Waals surface area contributed by atoms with Gasteiger partial charge in [0.2, 0.25) is 0 Å². The number of ether oxygens (including phenoxy) is 2. The summed E-state index contributed by atoms with van der Waals surface area (Å²) in [6, 6.07) is 14.1. The Hall–Kier alpha value is -2.79. The molecule has 0 spiro atoms. The zero-order valence-corrected chi connectivity index (χ0v) is 18.7. The predicted molar refractivity (Wildman–Crippen MR) is 121 cm³/mol. The summed E-state index contributed by atoms with van der Waals surface area (Å²) in [5.74, 6) is 0.453. The van der Waals surface area contributed by atoms with Gasteiger partial charge in [-0.2, -0.15) is 0 Å². The maximum absolute atomic E-state index is 13.1. The molecule has 0 amide bonds. The first-order chi connectivity index (χ1) is 14.5. The number of nitrogens with one attached hydrogen (secondary N) is 1. The van der Waals surface area contributed by atoms with Gasteiger partial charge in [-0.15, -0.1) is 0 Å². The average molecular weight is 410 g/mol. The van der Waals surface area contributed by atoms with Crippen LogP contribution < -0.4 is 9.64 Å². The Bertz CT molecular complexity index is 1020. The minimum absolute atomic E-state index is 0.272. The molecule has 1 heterocycles. The van der Waals surface area contributed by atoms with Crippen LogP contribution in [0.15, 0.2) is 42.5 Å². The van der Waals surface area contributed by atoms with E-state index in [-0.39, 0.29) is 5.97 Å². The SMILES string of the molecule is CC[NH+](CC)CCCOC(=O)c1c(C)n(-c2cccc(C)c2)c2ccc(OC)cc12. The van der Waals surface area contributed by atoms with Crippen molar-refractivity contribution in [3.05, 3.63) is 59.3 Å². The Balaban J connectivity index is 1.95. The lowest BCUT2D eigenvalue weighted by Gasteiger charge is -2.15. The highest BCUT2D eigenvalue weighted by atomic mass is 16.5. The number of aryl methyl sites for hydroxylation is 1. The quantitative estimate of drug-likeness (QED) is 0.433. The van der Waals surface area contributed by atoms with Crippen molar-refractivity contribution in [2.75, 3.05) is 33.4 Å². The second-order valence-electron chi connectivity index (χ2n) is 7.71. The normalized spacial score (nSPS) is 11.3. The number of methoxy groups -OCH3 is 1. The van der Waals surface area contributed by atoms with Gasteiger partial charge in [0, 0.05) is 23.2 Å². The van der Waals surface area contributed by atoms with Crippen LogP contribution in [0.1, 0.15) is 41.9 Å². The van der Waals surface area contributed by atoms with Crippen LogP contribution in [-0.2, 0) is 4.74 Å². The Kier molecular flexibility index (Phi) is 7.16. The summed E-state index contributed by atoms with van der Waals surface area (Å²) < 4.78 is 13.2. The lowest BCUT2D eigenvalue weighted by molar-refractivity contribution is -0.896.